The number of likely N-dealkylation sites (tertiary alicyclic amines) is 1. The van der Waals surface area contributed by atoms with Gasteiger partial charge >= 0.3 is 0 Å². The zero-order valence-electron chi connectivity index (χ0n) is 18.2. The Hall–Kier alpha value is -2.80. The summed E-state index contributed by atoms with van der Waals surface area (Å²) in [6, 6.07) is 16.1. The third-order valence-corrected chi connectivity index (χ3v) is 6.55. The largest absolute Gasteiger partial charge is 0.485 e. The molecule has 1 amide bonds. The number of carbonyl (C=O) groups excluding carboxylic acids is 1. The first-order valence-corrected chi connectivity index (χ1v) is 11.6. The predicted molar refractivity (Wildman–Crippen MR) is 123 cm³/mol. The summed E-state index contributed by atoms with van der Waals surface area (Å²) in [6.07, 6.45) is 2.17. The Morgan fingerprint density at radius 2 is 1.71 bits per heavy atom. The van der Waals surface area contributed by atoms with E-state index in [4.69, 9.17) is 4.74 Å². The van der Waals surface area contributed by atoms with Crippen LogP contribution < -0.4 is 4.74 Å². The van der Waals surface area contributed by atoms with E-state index in [0.29, 0.717) is 17.6 Å². The highest BCUT2D eigenvalue weighted by molar-refractivity contribution is 8.00. The molecule has 1 fully saturated rings. The number of nitrogens with zero attached hydrogens (tertiary/aromatic N) is 4. The van der Waals surface area contributed by atoms with E-state index < -0.39 is 0 Å². The van der Waals surface area contributed by atoms with Crippen LogP contribution in [-0.4, -0.2) is 43.9 Å². The quantitative estimate of drug-likeness (QED) is 0.508. The van der Waals surface area contributed by atoms with Crippen LogP contribution in [0.25, 0.3) is 5.69 Å². The first-order valence-electron chi connectivity index (χ1n) is 10.7. The van der Waals surface area contributed by atoms with Crippen LogP contribution in [-0.2, 0) is 11.4 Å². The van der Waals surface area contributed by atoms with Gasteiger partial charge in [-0.3, -0.25) is 9.36 Å². The van der Waals surface area contributed by atoms with E-state index in [2.05, 4.69) is 10.2 Å². The molecule has 1 unspecified atom stereocenters. The van der Waals surface area contributed by atoms with E-state index >= 15 is 0 Å². The Kier molecular flexibility index (Phi) is 6.61. The summed E-state index contributed by atoms with van der Waals surface area (Å²) in [5, 5.41) is 9.32. The Morgan fingerprint density at radius 1 is 1.03 bits per heavy atom. The lowest BCUT2D eigenvalue weighted by atomic mass is 10.1. The van der Waals surface area contributed by atoms with Crippen LogP contribution in [0, 0.1) is 13.8 Å². The molecule has 7 heteroatoms. The number of hydrogen-bond acceptors (Lipinski definition) is 5. The highest BCUT2D eigenvalue weighted by atomic mass is 32.2. The minimum Gasteiger partial charge on any atom is -0.485 e. The molecule has 0 spiro atoms. The second-order valence-electron chi connectivity index (χ2n) is 7.87. The molecule has 2 aromatic carbocycles. The van der Waals surface area contributed by atoms with Crippen LogP contribution in [0.15, 0.2) is 53.7 Å². The van der Waals surface area contributed by atoms with Gasteiger partial charge in [0, 0.05) is 18.8 Å². The minimum atomic E-state index is -0.225. The Balaban J connectivity index is 1.59. The van der Waals surface area contributed by atoms with Crippen LogP contribution in [0.5, 0.6) is 5.75 Å². The number of carbonyl (C=O) groups is 1. The van der Waals surface area contributed by atoms with E-state index in [1.165, 1.54) is 11.8 Å². The SMILES string of the molecule is Cc1cccc(C)c1OCc1nnc(SC(C)C(=O)N2CCCC2)n1-c1ccccc1. The third kappa shape index (κ3) is 4.77. The molecule has 1 aromatic heterocycles. The molecular weight excluding hydrogens is 408 g/mol. The van der Waals surface area contributed by atoms with E-state index in [-0.39, 0.29) is 11.2 Å². The van der Waals surface area contributed by atoms with Crippen molar-refractivity contribution in [3.8, 4) is 11.4 Å². The second kappa shape index (κ2) is 9.56. The molecule has 1 saturated heterocycles. The van der Waals surface area contributed by atoms with Gasteiger partial charge in [0.2, 0.25) is 5.91 Å². The maximum atomic E-state index is 12.8. The van der Waals surface area contributed by atoms with Crippen LogP contribution in [0.3, 0.4) is 0 Å². The Morgan fingerprint density at radius 3 is 2.39 bits per heavy atom. The first-order chi connectivity index (χ1) is 15.0. The van der Waals surface area contributed by atoms with E-state index in [9.17, 15) is 4.79 Å². The van der Waals surface area contributed by atoms with E-state index in [1.54, 1.807) is 0 Å². The molecule has 4 rings (SSSR count). The summed E-state index contributed by atoms with van der Waals surface area (Å²) in [7, 11) is 0. The smallest absolute Gasteiger partial charge is 0.235 e. The van der Waals surface area contributed by atoms with Crippen molar-refractivity contribution in [2.75, 3.05) is 13.1 Å². The number of ether oxygens (including phenoxy) is 1. The van der Waals surface area contributed by atoms with Crippen molar-refractivity contribution in [3.05, 3.63) is 65.5 Å². The van der Waals surface area contributed by atoms with Gasteiger partial charge in [-0.1, -0.05) is 48.2 Å². The fraction of sp³-hybridized carbons (Fsp3) is 0.375. The van der Waals surface area contributed by atoms with Crippen LogP contribution in [0.2, 0.25) is 0 Å². The highest BCUT2D eigenvalue weighted by Gasteiger charge is 2.26. The van der Waals surface area contributed by atoms with Crippen LogP contribution in [0.4, 0.5) is 0 Å². The fourth-order valence-corrected chi connectivity index (χ4v) is 4.84. The summed E-state index contributed by atoms with van der Waals surface area (Å²) >= 11 is 1.45. The summed E-state index contributed by atoms with van der Waals surface area (Å²) in [5.74, 6) is 1.74. The van der Waals surface area contributed by atoms with Crippen molar-refractivity contribution < 1.29 is 9.53 Å². The van der Waals surface area contributed by atoms with Crippen molar-refractivity contribution in [2.24, 2.45) is 0 Å². The molecule has 31 heavy (non-hydrogen) atoms. The summed E-state index contributed by atoms with van der Waals surface area (Å²) < 4.78 is 8.15. The first kappa shape index (κ1) is 21.4. The van der Waals surface area contributed by atoms with Gasteiger partial charge in [0.05, 0.1) is 5.25 Å². The van der Waals surface area contributed by atoms with Crippen LogP contribution >= 0.6 is 11.8 Å². The van der Waals surface area contributed by atoms with Gasteiger partial charge in [0.25, 0.3) is 0 Å². The molecule has 6 nitrogen and oxygen atoms in total. The number of aryl methyl sites for hydroxylation is 2. The van der Waals surface area contributed by atoms with Gasteiger partial charge in [0.15, 0.2) is 11.0 Å². The van der Waals surface area contributed by atoms with E-state index in [0.717, 1.165) is 48.5 Å². The molecule has 0 bridgehead atoms. The number of para-hydroxylation sites is 2. The normalized spacial score (nSPS) is 14.6. The predicted octanol–water partition coefficient (Wildman–Crippen LogP) is 4.57. The lowest BCUT2D eigenvalue weighted by Gasteiger charge is -2.20. The van der Waals surface area contributed by atoms with Gasteiger partial charge < -0.3 is 9.64 Å². The maximum absolute atomic E-state index is 12.8. The van der Waals surface area contributed by atoms with Crippen molar-refractivity contribution in [1.82, 2.24) is 19.7 Å². The molecule has 1 aliphatic rings. The molecule has 0 aliphatic carbocycles. The molecule has 1 aliphatic heterocycles. The summed E-state index contributed by atoms with van der Waals surface area (Å²) in [4.78, 5) is 14.8. The van der Waals surface area contributed by atoms with Gasteiger partial charge in [-0.2, -0.15) is 0 Å². The number of amides is 1. The van der Waals surface area contributed by atoms with Crippen molar-refractivity contribution in [3.63, 3.8) is 0 Å². The molecular formula is C24H28N4O2S. The zero-order valence-corrected chi connectivity index (χ0v) is 19.1. The summed E-state index contributed by atoms with van der Waals surface area (Å²) in [5.41, 5.74) is 3.13. The highest BCUT2D eigenvalue weighted by Crippen LogP contribution is 2.29. The zero-order chi connectivity index (χ0) is 21.8. The summed E-state index contributed by atoms with van der Waals surface area (Å²) in [6.45, 7) is 8.02. The molecule has 1 atom stereocenters. The number of hydrogen-bond donors (Lipinski definition) is 0. The van der Waals surface area contributed by atoms with E-state index in [1.807, 2.05) is 78.8 Å². The van der Waals surface area contributed by atoms with Crippen LogP contribution in [0.1, 0.15) is 36.7 Å². The topological polar surface area (TPSA) is 60.3 Å². The van der Waals surface area contributed by atoms with Crippen molar-refractivity contribution in [1.29, 1.82) is 0 Å². The third-order valence-electron chi connectivity index (χ3n) is 5.52. The average molecular weight is 437 g/mol. The van der Waals surface area contributed by atoms with Gasteiger partial charge in [-0.15, -0.1) is 10.2 Å². The minimum absolute atomic E-state index is 0.165. The van der Waals surface area contributed by atoms with Gasteiger partial charge in [0.1, 0.15) is 12.4 Å². The Labute approximate surface area is 187 Å². The molecule has 3 aromatic rings. The average Bonchev–Trinajstić information content (AvgIpc) is 3.44. The van der Waals surface area contributed by atoms with Gasteiger partial charge in [-0.05, 0) is 56.9 Å². The second-order valence-corrected chi connectivity index (χ2v) is 9.18. The van der Waals surface area contributed by atoms with Crippen molar-refractivity contribution in [2.45, 2.75) is 50.6 Å². The Bertz CT molecular complexity index is 1020. The monoisotopic (exact) mass is 436 g/mol. The molecule has 0 N–H and O–H groups in total. The van der Waals surface area contributed by atoms with Crippen molar-refractivity contribution >= 4 is 17.7 Å². The molecule has 0 saturated carbocycles. The lowest BCUT2D eigenvalue weighted by Crippen LogP contribution is -2.34. The maximum Gasteiger partial charge on any atom is 0.235 e. The number of aromatic nitrogens is 3. The standard InChI is InChI=1S/C24H28N4O2S/c1-17-10-9-11-18(2)22(17)30-16-21-25-26-24(28(21)20-12-5-4-6-13-20)31-19(3)23(29)27-14-7-8-15-27/h4-6,9-13,19H,7-8,14-16H2,1-3H3. The fourth-order valence-electron chi connectivity index (χ4n) is 3.87. The van der Waals surface area contributed by atoms with Gasteiger partial charge in [-0.25, -0.2) is 0 Å². The molecule has 2 heterocycles. The number of thioether (sulfide) groups is 1. The number of benzene rings is 2. The molecule has 162 valence electrons. The molecule has 0 radical (unpaired) electrons. The number of rotatable bonds is 7. The lowest BCUT2D eigenvalue weighted by molar-refractivity contribution is -0.129.